The number of thioether (sulfide) groups is 1. The summed E-state index contributed by atoms with van der Waals surface area (Å²) in [6.45, 7) is 2.21. The first-order valence-electron chi connectivity index (χ1n) is 6.30. The summed E-state index contributed by atoms with van der Waals surface area (Å²) in [6, 6.07) is 7.28. The molecule has 0 aromatic heterocycles. The van der Waals surface area contributed by atoms with Crippen molar-refractivity contribution in [1.82, 2.24) is 4.31 Å². The molecule has 1 aromatic rings. The molecule has 7 heteroatoms. The van der Waals surface area contributed by atoms with Gasteiger partial charge in [0.2, 0.25) is 10.0 Å². The molecule has 0 spiro atoms. The largest absolute Gasteiger partial charge is 0.398 e. The lowest BCUT2D eigenvalue weighted by Gasteiger charge is -2.23. The number of benzene rings is 1. The molecule has 0 saturated carbocycles. The third kappa shape index (κ3) is 4.97. The highest BCUT2D eigenvalue weighted by Crippen LogP contribution is 2.24. The third-order valence-electron chi connectivity index (χ3n) is 2.99. The number of likely N-dealkylation sites (N-methyl/N-ethyl adjacent to an activating group) is 1. The summed E-state index contributed by atoms with van der Waals surface area (Å²) in [5.74, 6) is 0.553. The fourth-order valence-electron chi connectivity index (χ4n) is 1.63. The highest BCUT2D eigenvalue weighted by molar-refractivity contribution is 8.00. The van der Waals surface area contributed by atoms with Crippen LogP contribution in [0.1, 0.15) is 6.92 Å². The van der Waals surface area contributed by atoms with Crippen LogP contribution in [-0.2, 0) is 14.8 Å². The number of nitrogens with two attached hydrogens (primary N) is 1. The molecule has 20 heavy (non-hydrogen) atoms. The summed E-state index contributed by atoms with van der Waals surface area (Å²) in [5, 5.41) is 0. The quantitative estimate of drug-likeness (QED) is 0.583. The van der Waals surface area contributed by atoms with Crippen LogP contribution in [0, 0.1) is 0 Å². The maximum absolute atomic E-state index is 12.1. The van der Waals surface area contributed by atoms with Crippen molar-refractivity contribution in [3.05, 3.63) is 24.3 Å². The average Bonchev–Trinajstić information content (AvgIpc) is 2.40. The Balaban J connectivity index is 2.54. The summed E-state index contributed by atoms with van der Waals surface area (Å²) in [4.78, 5) is 0.912. The van der Waals surface area contributed by atoms with Gasteiger partial charge >= 0.3 is 0 Å². The Hall–Kier alpha value is -0.760. The first kappa shape index (κ1) is 17.3. The smallest absolute Gasteiger partial charge is 0.214 e. The predicted octanol–water partition coefficient (Wildman–Crippen LogP) is 1.66. The van der Waals surface area contributed by atoms with E-state index in [0.29, 0.717) is 18.0 Å². The molecule has 0 fully saturated rings. The lowest BCUT2D eigenvalue weighted by molar-refractivity contribution is 0.149. The Morgan fingerprint density at radius 2 is 2.05 bits per heavy atom. The summed E-state index contributed by atoms with van der Waals surface area (Å²) in [6.07, 6.45) is 0. The summed E-state index contributed by atoms with van der Waals surface area (Å²) < 4.78 is 30.6. The monoisotopic (exact) mass is 318 g/mol. The van der Waals surface area contributed by atoms with Crippen molar-refractivity contribution in [2.75, 3.05) is 38.0 Å². The number of para-hydroxylation sites is 1. The predicted molar refractivity (Wildman–Crippen MR) is 84.5 cm³/mol. The standard InChI is InChI=1S/C13H22N2O3S2/c1-11(10-18-3)15(2)20(16,17)9-8-19-13-7-5-4-6-12(13)14/h4-7,11H,8-10,14H2,1-3H3. The van der Waals surface area contributed by atoms with E-state index in [1.54, 1.807) is 14.2 Å². The Morgan fingerprint density at radius 1 is 1.40 bits per heavy atom. The number of nitrogen functional groups attached to an aromatic ring is 1. The minimum absolute atomic E-state index is 0.0799. The number of sulfonamides is 1. The van der Waals surface area contributed by atoms with E-state index in [1.165, 1.54) is 16.1 Å². The van der Waals surface area contributed by atoms with Gasteiger partial charge in [-0.3, -0.25) is 0 Å². The molecule has 0 saturated heterocycles. The minimum Gasteiger partial charge on any atom is -0.398 e. The van der Waals surface area contributed by atoms with Crippen molar-refractivity contribution in [3.8, 4) is 0 Å². The van der Waals surface area contributed by atoms with E-state index < -0.39 is 10.0 Å². The van der Waals surface area contributed by atoms with Gasteiger partial charge in [-0.15, -0.1) is 11.8 Å². The molecule has 0 amide bonds. The fourth-order valence-corrected chi connectivity index (χ4v) is 4.34. The van der Waals surface area contributed by atoms with Gasteiger partial charge in [-0.2, -0.15) is 4.31 Å². The molecular weight excluding hydrogens is 296 g/mol. The van der Waals surface area contributed by atoms with Gasteiger partial charge in [-0.25, -0.2) is 8.42 Å². The van der Waals surface area contributed by atoms with Gasteiger partial charge in [0.1, 0.15) is 0 Å². The van der Waals surface area contributed by atoms with Crippen LogP contribution in [0.15, 0.2) is 29.2 Å². The van der Waals surface area contributed by atoms with Crippen LogP contribution in [0.2, 0.25) is 0 Å². The Morgan fingerprint density at radius 3 is 2.65 bits per heavy atom. The van der Waals surface area contributed by atoms with Gasteiger partial charge in [-0.1, -0.05) is 12.1 Å². The van der Waals surface area contributed by atoms with E-state index in [0.717, 1.165) is 4.90 Å². The van der Waals surface area contributed by atoms with E-state index in [-0.39, 0.29) is 11.8 Å². The lowest BCUT2D eigenvalue weighted by Crippen LogP contribution is -2.39. The van der Waals surface area contributed by atoms with Crippen molar-refractivity contribution in [1.29, 1.82) is 0 Å². The molecule has 0 aliphatic rings. The molecule has 1 rings (SSSR count). The number of anilines is 1. The molecular formula is C13H22N2O3S2. The maximum atomic E-state index is 12.1. The minimum atomic E-state index is -3.27. The highest BCUT2D eigenvalue weighted by atomic mass is 32.2. The first-order chi connectivity index (χ1) is 9.38. The molecule has 0 bridgehead atoms. The van der Waals surface area contributed by atoms with Gasteiger partial charge in [0.25, 0.3) is 0 Å². The Kier molecular flexibility index (Phi) is 6.81. The number of nitrogens with zero attached hydrogens (tertiary/aromatic N) is 1. The highest BCUT2D eigenvalue weighted by Gasteiger charge is 2.22. The summed E-state index contributed by atoms with van der Waals surface area (Å²) in [7, 11) is -0.129. The zero-order valence-corrected chi connectivity index (χ0v) is 13.7. The topological polar surface area (TPSA) is 72.6 Å². The van der Waals surface area contributed by atoms with Gasteiger partial charge in [-0.05, 0) is 19.1 Å². The molecule has 0 radical (unpaired) electrons. The summed E-state index contributed by atoms with van der Waals surface area (Å²) in [5.41, 5.74) is 6.50. The molecule has 114 valence electrons. The molecule has 5 nitrogen and oxygen atoms in total. The van der Waals surface area contributed by atoms with Crippen molar-refractivity contribution in [3.63, 3.8) is 0 Å². The van der Waals surface area contributed by atoms with Gasteiger partial charge in [0.15, 0.2) is 0 Å². The van der Waals surface area contributed by atoms with Crippen molar-refractivity contribution < 1.29 is 13.2 Å². The van der Waals surface area contributed by atoms with Crippen molar-refractivity contribution >= 4 is 27.5 Å². The molecule has 1 unspecified atom stereocenters. The average molecular weight is 318 g/mol. The number of rotatable bonds is 8. The SMILES string of the molecule is COCC(C)N(C)S(=O)(=O)CCSc1ccccc1N. The van der Waals surface area contributed by atoms with Crippen molar-refractivity contribution in [2.24, 2.45) is 0 Å². The Bertz CT molecular complexity index is 520. The van der Waals surface area contributed by atoms with Crippen LogP contribution >= 0.6 is 11.8 Å². The van der Waals surface area contributed by atoms with Crippen LogP contribution < -0.4 is 5.73 Å². The van der Waals surface area contributed by atoms with Crippen molar-refractivity contribution in [2.45, 2.75) is 17.9 Å². The van der Waals surface area contributed by atoms with Crippen LogP contribution in [0.4, 0.5) is 5.69 Å². The van der Waals surface area contributed by atoms with E-state index in [4.69, 9.17) is 10.5 Å². The fraction of sp³-hybridized carbons (Fsp3) is 0.538. The van der Waals surface area contributed by atoms with Gasteiger partial charge < -0.3 is 10.5 Å². The molecule has 2 N–H and O–H groups in total. The van der Waals surface area contributed by atoms with Gasteiger partial charge in [0, 0.05) is 36.5 Å². The zero-order valence-electron chi connectivity index (χ0n) is 12.1. The van der Waals surface area contributed by atoms with Crippen LogP contribution in [0.3, 0.4) is 0 Å². The van der Waals surface area contributed by atoms with Crippen LogP contribution in [0.5, 0.6) is 0 Å². The van der Waals surface area contributed by atoms with Crippen LogP contribution in [-0.4, -0.2) is 51.0 Å². The number of methoxy groups -OCH3 is 1. The van der Waals surface area contributed by atoms with E-state index in [2.05, 4.69) is 0 Å². The van der Waals surface area contributed by atoms with E-state index in [9.17, 15) is 8.42 Å². The van der Waals surface area contributed by atoms with Gasteiger partial charge in [0.05, 0.1) is 12.4 Å². The maximum Gasteiger partial charge on any atom is 0.214 e. The number of hydrogen-bond acceptors (Lipinski definition) is 5. The van der Waals surface area contributed by atoms with Crippen LogP contribution in [0.25, 0.3) is 0 Å². The second-order valence-corrected chi connectivity index (χ2v) is 7.81. The molecule has 0 aliphatic carbocycles. The van der Waals surface area contributed by atoms with E-state index >= 15 is 0 Å². The second kappa shape index (κ2) is 7.87. The molecule has 0 aliphatic heterocycles. The molecule has 1 atom stereocenters. The third-order valence-corrected chi connectivity index (χ3v) is 6.29. The lowest BCUT2D eigenvalue weighted by atomic mass is 10.3. The Labute approximate surface area is 125 Å². The number of ether oxygens (including phenoxy) is 1. The molecule has 1 aromatic carbocycles. The number of hydrogen-bond donors (Lipinski definition) is 1. The summed E-state index contributed by atoms with van der Waals surface area (Å²) >= 11 is 1.45. The molecule has 0 heterocycles. The first-order valence-corrected chi connectivity index (χ1v) is 8.90. The normalized spacial score (nSPS) is 13.6. The second-order valence-electron chi connectivity index (χ2n) is 4.52. The van der Waals surface area contributed by atoms with E-state index in [1.807, 2.05) is 31.2 Å². The zero-order chi connectivity index (χ0) is 15.2.